The van der Waals surface area contributed by atoms with Crippen LogP contribution in [0, 0.1) is 0 Å². The summed E-state index contributed by atoms with van der Waals surface area (Å²) in [7, 11) is 0. The first-order valence-corrected chi connectivity index (χ1v) is 5.92. The van der Waals surface area contributed by atoms with Crippen LogP contribution in [0.3, 0.4) is 0 Å². The standard InChI is InChI=1S/C10H11Cl2N3O3/c1-2-18-8(16)3-4-13-10(17)6-5-7(11)14-15-9(6)12/h5H,2-4H2,1H3,(H,13,17). The average Bonchev–Trinajstić information content (AvgIpc) is 2.32. The first-order chi connectivity index (χ1) is 8.54. The third kappa shape index (κ3) is 4.46. The molecule has 1 rings (SSSR count). The van der Waals surface area contributed by atoms with Crippen LogP contribution < -0.4 is 5.32 Å². The van der Waals surface area contributed by atoms with E-state index in [1.54, 1.807) is 6.92 Å². The summed E-state index contributed by atoms with van der Waals surface area (Å²) in [5.74, 6) is -0.851. The van der Waals surface area contributed by atoms with Crippen molar-refractivity contribution in [3.05, 3.63) is 21.9 Å². The number of nitrogens with one attached hydrogen (secondary N) is 1. The monoisotopic (exact) mass is 291 g/mol. The predicted molar refractivity (Wildman–Crippen MR) is 65.6 cm³/mol. The topological polar surface area (TPSA) is 81.2 Å². The third-order valence-corrected chi connectivity index (χ3v) is 2.35. The van der Waals surface area contributed by atoms with Crippen molar-refractivity contribution in [3.8, 4) is 0 Å². The fourth-order valence-corrected chi connectivity index (χ4v) is 1.44. The van der Waals surface area contributed by atoms with E-state index in [0.29, 0.717) is 6.61 Å². The van der Waals surface area contributed by atoms with Gasteiger partial charge in [0.2, 0.25) is 0 Å². The number of esters is 1. The molecule has 1 aromatic rings. The summed E-state index contributed by atoms with van der Waals surface area (Å²) in [6, 6.07) is 1.30. The molecule has 18 heavy (non-hydrogen) atoms. The molecule has 0 atom stereocenters. The van der Waals surface area contributed by atoms with Gasteiger partial charge in [-0.3, -0.25) is 9.59 Å². The summed E-state index contributed by atoms with van der Waals surface area (Å²) in [6.07, 6.45) is 0.0867. The molecular formula is C10H11Cl2N3O3. The zero-order chi connectivity index (χ0) is 13.5. The van der Waals surface area contributed by atoms with Gasteiger partial charge >= 0.3 is 5.97 Å². The number of hydrogen-bond acceptors (Lipinski definition) is 5. The van der Waals surface area contributed by atoms with Crippen molar-refractivity contribution in [3.63, 3.8) is 0 Å². The van der Waals surface area contributed by atoms with Crippen LogP contribution in [0.1, 0.15) is 23.7 Å². The van der Waals surface area contributed by atoms with Gasteiger partial charge in [-0.25, -0.2) is 0 Å². The minimum atomic E-state index is -0.471. The van der Waals surface area contributed by atoms with E-state index in [-0.39, 0.29) is 34.8 Å². The molecule has 6 nitrogen and oxygen atoms in total. The van der Waals surface area contributed by atoms with Crippen molar-refractivity contribution < 1.29 is 14.3 Å². The second-order valence-corrected chi connectivity index (χ2v) is 3.93. The number of carbonyl (C=O) groups is 2. The molecule has 0 unspecified atom stereocenters. The molecule has 0 radical (unpaired) electrons. The Morgan fingerprint density at radius 3 is 2.78 bits per heavy atom. The predicted octanol–water partition coefficient (Wildman–Crippen LogP) is 1.47. The van der Waals surface area contributed by atoms with Gasteiger partial charge in [-0.05, 0) is 13.0 Å². The molecule has 0 fully saturated rings. The number of nitrogens with zero attached hydrogens (tertiary/aromatic N) is 2. The summed E-state index contributed by atoms with van der Waals surface area (Å²) in [6.45, 7) is 2.16. The second-order valence-electron chi connectivity index (χ2n) is 3.18. The number of hydrogen-bond donors (Lipinski definition) is 1. The molecule has 0 bridgehead atoms. The van der Waals surface area contributed by atoms with E-state index in [1.807, 2.05) is 0 Å². The zero-order valence-electron chi connectivity index (χ0n) is 9.57. The Hall–Kier alpha value is -1.40. The number of rotatable bonds is 5. The van der Waals surface area contributed by atoms with Crippen LogP contribution >= 0.6 is 23.2 Å². The maximum atomic E-state index is 11.7. The van der Waals surface area contributed by atoms with Crippen LogP contribution in [0.4, 0.5) is 0 Å². The van der Waals surface area contributed by atoms with Crippen LogP contribution in [0.25, 0.3) is 0 Å². The van der Waals surface area contributed by atoms with Crippen molar-refractivity contribution in [1.82, 2.24) is 15.5 Å². The molecule has 1 heterocycles. The molecule has 1 amide bonds. The normalized spacial score (nSPS) is 9.94. The Balaban J connectivity index is 2.50. The van der Waals surface area contributed by atoms with Crippen molar-refractivity contribution in [1.29, 1.82) is 0 Å². The van der Waals surface area contributed by atoms with Gasteiger partial charge in [0.15, 0.2) is 10.3 Å². The number of ether oxygens (including phenoxy) is 1. The largest absolute Gasteiger partial charge is 0.466 e. The highest BCUT2D eigenvalue weighted by molar-refractivity contribution is 6.34. The van der Waals surface area contributed by atoms with Gasteiger partial charge in [0.1, 0.15) is 0 Å². The van der Waals surface area contributed by atoms with Crippen LogP contribution in [-0.2, 0) is 9.53 Å². The lowest BCUT2D eigenvalue weighted by Crippen LogP contribution is -2.27. The smallest absolute Gasteiger partial charge is 0.307 e. The zero-order valence-corrected chi connectivity index (χ0v) is 11.1. The highest BCUT2D eigenvalue weighted by Crippen LogP contribution is 2.14. The van der Waals surface area contributed by atoms with Gasteiger partial charge < -0.3 is 10.1 Å². The quantitative estimate of drug-likeness (QED) is 0.831. The third-order valence-electron chi connectivity index (χ3n) is 1.88. The van der Waals surface area contributed by atoms with E-state index in [1.165, 1.54) is 6.07 Å². The molecule has 0 aromatic carbocycles. The lowest BCUT2D eigenvalue weighted by Gasteiger charge is -2.05. The Kier molecular flexibility index (Phi) is 5.80. The highest BCUT2D eigenvalue weighted by atomic mass is 35.5. The summed E-state index contributed by atoms with van der Waals surface area (Å²) in [5, 5.41) is 9.51. The molecule has 1 aromatic heterocycles. The first-order valence-electron chi connectivity index (χ1n) is 5.17. The molecule has 0 spiro atoms. The fraction of sp³-hybridized carbons (Fsp3) is 0.400. The Morgan fingerprint density at radius 1 is 1.39 bits per heavy atom. The maximum Gasteiger partial charge on any atom is 0.307 e. The Labute approximate surface area is 114 Å². The van der Waals surface area contributed by atoms with E-state index in [0.717, 1.165) is 0 Å². The van der Waals surface area contributed by atoms with Gasteiger partial charge in [-0.2, -0.15) is 0 Å². The Bertz CT molecular complexity index is 454. The number of amides is 1. The second kappa shape index (κ2) is 7.13. The number of halogens is 2. The molecule has 98 valence electrons. The van der Waals surface area contributed by atoms with E-state index >= 15 is 0 Å². The minimum absolute atomic E-state index is 0.0481. The number of carbonyl (C=O) groups excluding carboxylic acids is 2. The van der Waals surface area contributed by atoms with Crippen LogP contribution in [-0.4, -0.2) is 35.2 Å². The van der Waals surface area contributed by atoms with Crippen LogP contribution in [0.5, 0.6) is 0 Å². The molecule has 8 heteroatoms. The summed E-state index contributed by atoms with van der Waals surface area (Å²) in [5.41, 5.74) is 0.112. The fourth-order valence-electron chi connectivity index (χ4n) is 1.12. The summed E-state index contributed by atoms with van der Waals surface area (Å²) >= 11 is 11.3. The van der Waals surface area contributed by atoms with Crippen molar-refractivity contribution in [2.75, 3.05) is 13.2 Å². The van der Waals surface area contributed by atoms with Crippen molar-refractivity contribution >= 4 is 35.1 Å². The Morgan fingerprint density at radius 2 is 2.11 bits per heavy atom. The summed E-state index contributed by atoms with van der Waals surface area (Å²) < 4.78 is 4.71. The van der Waals surface area contributed by atoms with Gasteiger partial charge in [0.05, 0.1) is 18.6 Å². The SMILES string of the molecule is CCOC(=O)CCNC(=O)c1cc(Cl)nnc1Cl. The minimum Gasteiger partial charge on any atom is -0.466 e. The van der Waals surface area contributed by atoms with Crippen molar-refractivity contribution in [2.45, 2.75) is 13.3 Å². The van der Waals surface area contributed by atoms with E-state index < -0.39 is 5.91 Å². The van der Waals surface area contributed by atoms with E-state index in [9.17, 15) is 9.59 Å². The highest BCUT2D eigenvalue weighted by Gasteiger charge is 2.13. The molecular weight excluding hydrogens is 281 g/mol. The molecule has 0 aliphatic carbocycles. The molecule has 0 saturated carbocycles. The van der Waals surface area contributed by atoms with Gasteiger partial charge in [0.25, 0.3) is 5.91 Å². The average molecular weight is 292 g/mol. The maximum absolute atomic E-state index is 11.7. The summed E-state index contributed by atoms with van der Waals surface area (Å²) in [4.78, 5) is 22.7. The van der Waals surface area contributed by atoms with Crippen LogP contribution in [0.2, 0.25) is 10.3 Å². The van der Waals surface area contributed by atoms with Gasteiger partial charge in [-0.1, -0.05) is 23.2 Å². The molecule has 0 aliphatic rings. The van der Waals surface area contributed by atoms with E-state index in [4.69, 9.17) is 27.9 Å². The molecule has 0 aliphatic heterocycles. The first kappa shape index (κ1) is 14.7. The molecule has 1 N–H and O–H groups in total. The lowest BCUT2D eigenvalue weighted by atomic mass is 10.3. The molecule has 0 saturated heterocycles. The van der Waals surface area contributed by atoms with Crippen molar-refractivity contribution in [2.24, 2.45) is 0 Å². The lowest BCUT2D eigenvalue weighted by molar-refractivity contribution is -0.142. The van der Waals surface area contributed by atoms with Gasteiger partial charge in [-0.15, -0.1) is 10.2 Å². The number of aromatic nitrogens is 2. The van der Waals surface area contributed by atoms with Gasteiger partial charge in [0, 0.05) is 6.54 Å². The van der Waals surface area contributed by atoms with E-state index in [2.05, 4.69) is 15.5 Å². The van der Waals surface area contributed by atoms with Crippen LogP contribution in [0.15, 0.2) is 6.07 Å².